The Bertz CT molecular complexity index is 934. The number of furan rings is 1. The van der Waals surface area contributed by atoms with Crippen molar-refractivity contribution in [2.24, 2.45) is 5.10 Å². The van der Waals surface area contributed by atoms with Crippen molar-refractivity contribution in [2.75, 3.05) is 0 Å². The second kappa shape index (κ2) is 7.74. The molecule has 25 heavy (non-hydrogen) atoms. The summed E-state index contributed by atoms with van der Waals surface area (Å²) in [6.45, 7) is 0. The van der Waals surface area contributed by atoms with Crippen molar-refractivity contribution < 1.29 is 9.21 Å². The van der Waals surface area contributed by atoms with Crippen LogP contribution in [0.2, 0.25) is 15.1 Å². The summed E-state index contributed by atoms with van der Waals surface area (Å²) < 4.78 is 5.65. The number of amides is 1. The molecule has 1 heterocycles. The van der Waals surface area contributed by atoms with Crippen LogP contribution in [0, 0.1) is 0 Å². The van der Waals surface area contributed by atoms with Gasteiger partial charge in [-0.3, -0.25) is 4.79 Å². The summed E-state index contributed by atoms with van der Waals surface area (Å²) >= 11 is 17.9. The first-order chi connectivity index (χ1) is 12.0. The topological polar surface area (TPSA) is 54.6 Å². The molecule has 0 bridgehead atoms. The van der Waals surface area contributed by atoms with Crippen LogP contribution in [0.5, 0.6) is 0 Å². The third-order valence-corrected chi connectivity index (χ3v) is 4.10. The Hall–Kier alpha value is -2.27. The fraction of sp³-hybridized carbons (Fsp3) is 0. The number of carbonyl (C=O) groups is 1. The van der Waals surface area contributed by atoms with Crippen molar-refractivity contribution in [2.45, 2.75) is 0 Å². The zero-order valence-corrected chi connectivity index (χ0v) is 14.9. The lowest BCUT2D eigenvalue weighted by molar-refractivity contribution is 0.0955. The molecular weight excluding hydrogens is 383 g/mol. The van der Waals surface area contributed by atoms with Crippen LogP contribution in [0.15, 0.2) is 64.1 Å². The lowest BCUT2D eigenvalue weighted by Crippen LogP contribution is -2.17. The van der Waals surface area contributed by atoms with Crippen LogP contribution in [0.4, 0.5) is 0 Å². The Kier molecular flexibility index (Phi) is 5.43. The van der Waals surface area contributed by atoms with Crippen molar-refractivity contribution in [3.05, 3.63) is 81.0 Å². The van der Waals surface area contributed by atoms with Gasteiger partial charge in [-0.2, -0.15) is 5.10 Å². The van der Waals surface area contributed by atoms with E-state index in [-0.39, 0.29) is 5.91 Å². The molecule has 2 aromatic carbocycles. The minimum absolute atomic E-state index is 0.349. The zero-order valence-electron chi connectivity index (χ0n) is 12.7. The quantitative estimate of drug-likeness (QED) is 0.458. The molecule has 0 atom stereocenters. The van der Waals surface area contributed by atoms with Gasteiger partial charge in [0.25, 0.3) is 5.91 Å². The highest BCUT2D eigenvalue weighted by molar-refractivity contribution is 6.35. The summed E-state index contributed by atoms with van der Waals surface area (Å²) in [6.07, 6.45) is 1.40. The monoisotopic (exact) mass is 392 g/mol. The number of benzene rings is 2. The average molecular weight is 394 g/mol. The molecule has 3 aromatic rings. The molecule has 1 aromatic heterocycles. The first kappa shape index (κ1) is 17.5. The van der Waals surface area contributed by atoms with E-state index in [0.717, 1.165) is 0 Å². The van der Waals surface area contributed by atoms with Gasteiger partial charge in [0, 0.05) is 21.2 Å². The van der Waals surface area contributed by atoms with Crippen LogP contribution in [0.3, 0.4) is 0 Å². The largest absolute Gasteiger partial charge is 0.455 e. The van der Waals surface area contributed by atoms with Crippen LogP contribution in [-0.4, -0.2) is 12.1 Å². The van der Waals surface area contributed by atoms with E-state index in [4.69, 9.17) is 39.2 Å². The van der Waals surface area contributed by atoms with E-state index in [1.54, 1.807) is 54.6 Å². The molecule has 0 aliphatic carbocycles. The number of hydrogen-bond donors (Lipinski definition) is 1. The summed E-state index contributed by atoms with van der Waals surface area (Å²) in [5, 5.41) is 5.52. The minimum Gasteiger partial charge on any atom is -0.455 e. The van der Waals surface area contributed by atoms with Gasteiger partial charge in [0.2, 0.25) is 0 Å². The van der Waals surface area contributed by atoms with E-state index in [2.05, 4.69) is 10.5 Å². The number of hydrogen-bond acceptors (Lipinski definition) is 3. The third kappa shape index (κ3) is 4.42. The van der Waals surface area contributed by atoms with E-state index in [9.17, 15) is 4.79 Å². The summed E-state index contributed by atoms with van der Waals surface area (Å²) in [5.74, 6) is 0.665. The lowest BCUT2D eigenvalue weighted by atomic mass is 10.2. The zero-order chi connectivity index (χ0) is 17.8. The third-order valence-electron chi connectivity index (χ3n) is 3.28. The van der Waals surface area contributed by atoms with Gasteiger partial charge < -0.3 is 4.42 Å². The highest BCUT2D eigenvalue weighted by atomic mass is 35.5. The molecule has 0 unspecified atom stereocenters. The molecule has 126 valence electrons. The highest BCUT2D eigenvalue weighted by Crippen LogP contribution is 2.31. The maximum atomic E-state index is 11.9. The fourth-order valence-electron chi connectivity index (χ4n) is 2.07. The minimum atomic E-state index is -0.349. The van der Waals surface area contributed by atoms with Gasteiger partial charge >= 0.3 is 0 Å². The van der Waals surface area contributed by atoms with Crippen molar-refractivity contribution in [3.8, 4) is 11.3 Å². The molecule has 0 radical (unpaired) electrons. The molecule has 0 aliphatic rings. The first-order valence-electron chi connectivity index (χ1n) is 7.17. The smallest absolute Gasteiger partial charge is 0.271 e. The van der Waals surface area contributed by atoms with Gasteiger partial charge in [0.05, 0.1) is 11.2 Å². The summed E-state index contributed by atoms with van der Waals surface area (Å²) in [5.41, 5.74) is 3.55. The fourth-order valence-corrected chi connectivity index (χ4v) is 2.58. The van der Waals surface area contributed by atoms with Crippen molar-refractivity contribution >= 4 is 46.9 Å². The van der Waals surface area contributed by atoms with Gasteiger partial charge in [-0.1, -0.05) is 34.8 Å². The number of carbonyl (C=O) groups excluding carboxylic acids is 1. The first-order valence-corrected chi connectivity index (χ1v) is 8.30. The molecule has 1 N–H and O–H groups in total. The standard InChI is InChI=1S/C18H11Cl3N2O2/c19-12-3-1-11(2-4-12)18(24)23-22-10-14-6-8-17(25-14)15-9-13(20)5-7-16(15)21/h1-10H,(H,23,24)/b22-10-. The van der Waals surface area contributed by atoms with Crippen LogP contribution in [0.25, 0.3) is 11.3 Å². The van der Waals surface area contributed by atoms with Gasteiger partial charge in [0.1, 0.15) is 11.5 Å². The Balaban J connectivity index is 1.69. The maximum absolute atomic E-state index is 11.9. The summed E-state index contributed by atoms with van der Waals surface area (Å²) in [4.78, 5) is 11.9. The highest BCUT2D eigenvalue weighted by Gasteiger charge is 2.09. The predicted molar refractivity (Wildman–Crippen MR) is 101 cm³/mol. The Morgan fingerprint density at radius 2 is 1.68 bits per heavy atom. The number of nitrogens with one attached hydrogen (secondary N) is 1. The number of hydrazone groups is 1. The molecule has 0 saturated heterocycles. The van der Waals surface area contributed by atoms with Crippen molar-refractivity contribution in [3.63, 3.8) is 0 Å². The molecule has 0 spiro atoms. The van der Waals surface area contributed by atoms with Crippen molar-refractivity contribution in [1.29, 1.82) is 0 Å². The molecule has 0 aliphatic heterocycles. The second-order valence-electron chi connectivity index (χ2n) is 5.03. The number of nitrogens with zero attached hydrogens (tertiary/aromatic N) is 1. The lowest BCUT2D eigenvalue weighted by Gasteiger charge is -2.01. The molecule has 3 rings (SSSR count). The molecule has 1 amide bonds. The number of rotatable bonds is 4. The SMILES string of the molecule is O=C(N/N=C\c1ccc(-c2cc(Cl)ccc2Cl)o1)c1ccc(Cl)cc1. The summed E-state index contributed by atoms with van der Waals surface area (Å²) in [7, 11) is 0. The second-order valence-corrected chi connectivity index (χ2v) is 6.31. The van der Waals surface area contributed by atoms with E-state index >= 15 is 0 Å². The normalized spacial score (nSPS) is 11.0. The Morgan fingerprint density at radius 3 is 2.44 bits per heavy atom. The van der Waals surface area contributed by atoms with Crippen LogP contribution in [0.1, 0.15) is 16.1 Å². The van der Waals surface area contributed by atoms with Gasteiger partial charge in [0.15, 0.2) is 0 Å². The Morgan fingerprint density at radius 1 is 0.960 bits per heavy atom. The van der Waals surface area contributed by atoms with Gasteiger partial charge in [-0.25, -0.2) is 5.43 Å². The van der Waals surface area contributed by atoms with Crippen LogP contribution in [-0.2, 0) is 0 Å². The van der Waals surface area contributed by atoms with Gasteiger partial charge in [-0.15, -0.1) is 0 Å². The molecule has 7 heteroatoms. The van der Waals surface area contributed by atoms with E-state index in [1.165, 1.54) is 6.21 Å². The van der Waals surface area contributed by atoms with Crippen LogP contribution >= 0.6 is 34.8 Å². The average Bonchev–Trinajstić information content (AvgIpc) is 3.06. The van der Waals surface area contributed by atoms with Crippen molar-refractivity contribution in [1.82, 2.24) is 5.43 Å². The number of halogens is 3. The molecule has 4 nitrogen and oxygen atoms in total. The summed E-state index contributed by atoms with van der Waals surface area (Å²) in [6, 6.07) is 15.1. The van der Waals surface area contributed by atoms with E-state index in [0.29, 0.717) is 37.7 Å². The van der Waals surface area contributed by atoms with E-state index < -0.39 is 0 Å². The van der Waals surface area contributed by atoms with Gasteiger partial charge in [-0.05, 0) is 54.6 Å². The Labute approximate surface area is 159 Å². The molecule has 0 saturated carbocycles. The molecular formula is C18H11Cl3N2O2. The van der Waals surface area contributed by atoms with Crippen LogP contribution < -0.4 is 5.43 Å². The predicted octanol–water partition coefficient (Wildman–Crippen LogP) is 5.67. The molecule has 0 fully saturated rings. The van der Waals surface area contributed by atoms with E-state index in [1.807, 2.05) is 0 Å². The maximum Gasteiger partial charge on any atom is 0.271 e.